The lowest BCUT2D eigenvalue weighted by Gasteiger charge is -2.20. The molecule has 0 aromatic heterocycles. The average molecular weight is 485 g/mol. The van der Waals surface area contributed by atoms with Crippen molar-refractivity contribution in [3.63, 3.8) is 0 Å². The van der Waals surface area contributed by atoms with Crippen LogP contribution in [0.2, 0.25) is 5.02 Å². The van der Waals surface area contributed by atoms with Gasteiger partial charge in [-0.2, -0.15) is 4.31 Å². The Hall–Kier alpha value is -2.49. The number of sulfonamides is 1. The lowest BCUT2D eigenvalue weighted by Crippen LogP contribution is -2.32. The van der Waals surface area contributed by atoms with Crippen LogP contribution in [-0.4, -0.2) is 59.1 Å². The third-order valence-corrected chi connectivity index (χ3v) is 7.08. The zero-order valence-corrected chi connectivity index (χ0v) is 20.3. The first-order valence-corrected chi connectivity index (χ1v) is 12.0. The summed E-state index contributed by atoms with van der Waals surface area (Å²) in [6.07, 6.45) is 0.578. The van der Waals surface area contributed by atoms with Gasteiger partial charge in [0.2, 0.25) is 10.0 Å². The minimum Gasteiger partial charge on any atom is -0.493 e. The van der Waals surface area contributed by atoms with Crippen LogP contribution in [0.25, 0.3) is 0 Å². The Bertz CT molecular complexity index is 1030. The molecule has 176 valence electrons. The molecule has 0 unspecified atom stereocenters. The number of nitrogens with one attached hydrogen (secondary N) is 1. The van der Waals surface area contributed by atoms with Crippen molar-refractivity contribution in [1.29, 1.82) is 0 Å². The minimum atomic E-state index is -3.80. The van der Waals surface area contributed by atoms with Gasteiger partial charge in [0.15, 0.2) is 18.1 Å². The Morgan fingerprint density at radius 1 is 1.00 bits per heavy atom. The molecule has 0 aliphatic heterocycles. The largest absolute Gasteiger partial charge is 0.493 e. The summed E-state index contributed by atoms with van der Waals surface area (Å²) < 4.78 is 43.1. The fourth-order valence-corrected chi connectivity index (χ4v) is 4.93. The number of ether oxygens (including phenoxy) is 3. The van der Waals surface area contributed by atoms with E-state index in [2.05, 4.69) is 5.32 Å². The van der Waals surface area contributed by atoms with Crippen LogP contribution in [0.4, 0.5) is 0 Å². The number of carbonyl (C=O) groups is 1. The predicted molar refractivity (Wildman–Crippen MR) is 123 cm³/mol. The molecule has 2 rings (SSSR count). The molecule has 0 atom stereocenters. The van der Waals surface area contributed by atoms with Crippen LogP contribution in [0.3, 0.4) is 0 Å². The van der Waals surface area contributed by atoms with E-state index in [0.717, 1.165) is 5.56 Å². The Labute approximate surface area is 194 Å². The van der Waals surface area contributed by atoms with E-state index in [1.807, 2.05) is 12.1 Å². The van der Waals surface area contributed by atoms with Gasteiger partial charge in [0.1, 0.15) is 10.6 Å². The highest BCUT2D eigenvalue weighted by Crippen LogP contribution is 2.30. The summed E-state index contributed by atoms with van der Waals surface area (Å²) in [6.45, 7) is 4.16. The van der Waals surface area contributed by atoms with Gasteiger partial charge in [-0.15, -0.1) is 0 Å². The van der Waals surface area contributed by atoms with Crippen molar-refractivity contribution in [3.8, 4) is 17.2 Å². The van der Waals surface area contributed by atoms with Gasteiger partial charge in [0.05, 0.1) is 14.2 Å². The van der Waals surface area contributed by atoms with E-state index in [9.17, 15) is 13.2 Å². The fraction of sp³-hybridized carbons (Fsp3) is 0.409. The van der Waals surface area contributed by atoms with E-state index in [-0.39, 0.29) is 28.2 Å². The molecule has 32 heavy (non-hydrogen) atoms. The second kappa shape index (κ2) is 11.9. The number of hydrogen-bond acceptors (Lipinski definition) is 6. The second-order valence-electron chi connectivity index (χ2n) is 6.76. The highest BCUT2D eigenvalue weighted by atomic mass is 35.5. The van der Waals surface area contributed by atoms with Crippen LogP contribution in [0, 0.1) is 0 Å². The summed E-state index contributed by atoms with van der Waals surface area (Å²) >= 11 is 6.01. The van der Waals surface area contributed by atoms with Crippen LogP contribution in [0.15, 0.2) is 41.3 Å². The van der Waals surface area contributed by atoms with E-state index in [1.54, 1.807) is 34.1 Å². The highest BCUT2D eigenvalue weighted by Gasteiger charge is 2.26. The minimum absolute atomic E-state index is 0.0631. The van der Waals surface area contributed by atoms with Gasteiger partial charge < -0.3 is 19.5 Å². The highest BCUT2D eigenvalue weighted by molar-refractivity contribution is 7.89. The molecule has 0 aliphatic carbocycles. The first-order chi connectivity index (χ1) is 15.3. The number of nitrogens with zero attached hydrogens (tertiary/aromatic N) is 1. The molecule has 0 fully saturated rings. The maximum atomic E-state index is 12.9. The van der Waals surface area contributed by atoms with Crippen molar-refractivity contribution in [2.75, 3.05) is 40.5 Å². The Kier molecular flexibility index (Phi) is 9.61. The quantitative estimate of drug-likeness (QED) is 0.497. The van der Waals surface area contributed by atoms with Gasteiger partial charge in [-0.25, -0.2) is 8.42 Å². The molecule has 8 nitrogen and oxygen atoms in total. The zero-order valence-electron chi connectivity index (χ0n) is 18.7. The maximum absolute atomic E-state index is 12.9. The monoisotopic (exact) mass is 484 g/mol. The molecule has 0 heterocycles. The van der Waals surface area contributed by atoms with Gasteiger partial charge in [-0.05, 0) is 42.3 Å². The first-order valence-electron chi connectivity index (χ1n) is 10.2. The molecule has 2 aromatic carbocycles. The van der Waals surface area contributed by atoms with Crippen molar-refractivity contribution in [2.24, 2.45) is 0 Å². The van der Waals surface area contributed by atoms with Crippen molar-refractivity contribution < 1.29 is 27.4 Å². The lowest BCUT2D eigenvalue weighted by atomic mass is 10.1. The summed E-state index contributed by atoms with van der Waals surface area (Å²) in [7, 11) is -0.669. The number of amides is 1. The van der Waals surface area contributed by atoms with Crippen LogP contribution >= 0.6 is 11.6 Å². The number of rotatable bonds is 12. The van der Waals surface area contributed by atoms with Crippen molar-refractivity contribution >= 4 is 27.5 Å². The van der Waals surface area contributed by atoms with E-state index >= 15 is 0 Å². The van der Waals surface area contributed by atoms with E-state index in [4.69, 9.17) is 25.8 Å². The third-order valence-electron chi connectivity index (χ3n) is 4.77. The molecule has 2 aromatic rings. The molecule has 0 radical (unpaired) electrons. The topological polar surface area (TPSA) is 94.2 Å². The molecular formula is C22H29ClN2O6S. The summed E-state index contributed by atoms with van der Waals surface area (Å²) in [6, 6.07) is 9.85. The molecule has 10 heteroatoms. The predicted octanol–water partition coefficient (Wildman–Crippen LogP) is 3.13. The van der Waals surface area contributed by atoms with Crippen LogP contribution in [0.5, 0.6) is 17.2 Å². The summed E-state index contributed by atoms with van der Waals surface area (Å²) in [5.41, 5.74) is 0.967. The maximum Gasteiger partial charge on any atom is 0.257 e. The SMILES string of the molecule is CCN(CC)S(=O)(=O)c1cc(Cl)ccc1OCC(=O)NCCc1ccc(OC)c(OC)c1. The normalized spacial score (nSPS) is 11.3. The molecule has 1 amide bonds. The van der Waals surface area contributed by atoms with Gasteiger partial charge >= 0.3 is 0 Å². The van der Waals surface area contributed by atoms with Crippen molar-refractivity contribution in [1.82, 2.24) is 9.62 Å². The summed E-state index contributed by atoms with van der Waals surface area (Å²) in [5.74, 6) is 0.958. The van der Waals surface area contributed by atoms with Crippen molar-refractivity contribution in [2.45, 2.75) is 25.2 Å². The molecular weight excluding hydrogens is 456 g/mol. The van der Waals surface area contributed by atoms with Crippen LogP contribution < -0.4 is 19.5 Å². The Morgan fingerprint density at radius 2 is 1.66 bits per heavy atom. The Balaban J connectivity index is 1.99. The molecule has 0 aliphatic rings. The fourth-order valence-electron chi connectivity index (χ4n) is 3.08. The lowest BCUT2D eigenvalue weighted by molar-refractivity contribution is -0.123. The number of hydrogen-bond donors (Lipinski definition) is 1. The van der Waals surface area contributed by atoms with Gasteiger partial charge in [-0.1, -0.05) is 31.5 Å². The zero-order chi connectivity index (χ0) is 23.7. The molecule has 1 N–H and O–H groups in total. The van der Waals surface area contributed by atoms with E-state index < -0.39 is 10.0 Å². The van der Waals surface area contributed by atoms with E-state index in [0.29, 0.717) is 37.6 Å². The second-order valence-corrected chi connectivity index (χ2v) is 9.10. The van der Waals surface area contributed by atoms with Gasteiger partial charge in [-0.3, -0.25) is 4.79 Å². The summed E-state index contributed by atoms with van der Waals surface area (Å²) in [5, 5.41) is 3.03. The van der Waals surface area contributed by atoms with Crippen LogP contribution in [0.1, 0.15) is 19.4 Å². The average Bonchev–Trinajstić information content (AvgIpc) is 2.78. The van der Waals surface area contributed by atoms with Gasteiger partial charge in [0.25, 0.3) is 5.91 Å². The van der Waals surface area contributed by atoms with E-state index in [1.165, 1.54) is 22.5 Å². The summed E-state index contributed by atoms with van der Waals surface area (Å²) in [4.78, 5) is 12.2. The standard InChI is InChI=1S/C22H29ClN2O6S/c1-5-25(6-2)32(27,28)21-14-17(23)8-10-19(21)31-15-22(26)24-12-11-16-7-9-18(29-3)20(13-16)30-4/h7-10,13-14H,5-6,11-12,15H2,1-4H3,(H,24,26). The Morgan fingerprint density at radius 3 is 2.28 bits per heavy atom. The smallest absolute Gasteiger partial charge is 0.257 e. The molecule has 0 saturated carbocycles. The van der Waals surface area contributed by atoms with Crippen LogP contribution in [-0.2, 0) is 21.2 Å². The third kappa shape index (κ3) is 6.51. The number of halogens is 1. The molecule has 0 spiro atoms. The first kappa shape index (κ1) is 25.8. The number of benzene rings is 2. The number of carbonyl (C=O) groups excluding carboxylic acids is 1. The number of methoxy groups -OCH3 is 2. The van der Waals surface area contributed by atoms with Crippen molar-refractivity contribution in [3.05, 3.63) is 47.0 Å². The molecule has 0 bridgehead atoms. The molecule has 0 saturated heterocycles. The van der Waals surface area contributed by atoms with Gasteiger partial charge in [0, 0.05) is 24.7 Å².